The number of ketones is 1. The van der Waals surface area contributed by atoms with Gasteiger partial charge in [-0.2, -0.15) is 0 Å². The van der Waals surface area contributed by atoms with Crippen molar-refractivity contribution < 1.29 is 4.79 Å². The molecule has 0 radical (unpaired) electrons. The Morgan fingerprint density at radius 2 is 1.67 bits per heavy atom. The molecule has 2 unspecified atom stereocenters. The van der Waals surface area contributed by atoms with E-state index in [2.05, 4.69) is 45.7 Å². The van der Waals surface area contributed by atoms with Gasteiger partial charge in [-0.1, -0.05) is 107 Å². The fourth-order valence-corrected chi connectivity index (χ4v) is 5.14. The second kappa shape index (κ2) is 12.2. The Morgan fingerprint density at radius 3 is 2.18 bits per heavy atom. The largest absolute Gasteiger partial charge is 0.294 e. The summed E-state index contributed by atoms with van der Waals surface area (Å²) >= 11 is 0. The Hall–Kier alpha value is -2.41. The Bertz CT molecular complexity index is 949. The van der Waals surface area contributed by atoms with Crippen molar-refractivity contribution in [2.45, 2.75) is 86.0 Å². The van der Waals surface area contributed by atoms with Crippen LogP contribution in [0.15, 0.2) is 89.1 Å². The molecular weight excluding hydrogens is 400 g/mol. The fourth-order valence-electron chi connectivity index (χ4n) is 5.14. The van der Waals surface area contributed by atoms with Crippen molar-refractivity contribution in [1.29, 1.82) is 0 Å². The maximum Gasteiger partial charge on any atom is 0.162 e. The molecule has 0 aromatic heterocycles. The zero-order valence-corrected chi connectivity index (χ0v) is 21.9. The van der Waals surface area contributed by atoms with E-state index in [1.54, 1.807) is 0 Å². The molecule has 0 heterocycles. The molecule has 0 saturated heterocycles. The van der Waals surface area contributed by atoms with Crippen molar-refractivity contribution in [2.24, 2.45) is 11.8 Å². The summed E-state index contributed by atoms with van der Waals surface area (Å²) in [5.74, 6) is 0.770. The quantitative estimate of drug-likeness (QED) is 0.259. The summed E-state index contributed by atoms with van der Waals surface area (Å²) < 4.78 is 0. The zero-order chi connectivity index (χ0) is 24.7. The summed E-state index contributed by atoms with van der Waals surface area (Å²) in [7, 11) is 0. The summed E-state index contributed by atoms with van der Waals surface area (Å²) in [5, 5.41) is 0. The molecule has 1 aliphatic carbocycles. The topological polar surface area (TPSA) is 17.1 Å². The van der Waals surface area contributed by atoms with E-state index in [0.29, 0.717) is 5.92 Å². The highest BCUT2D eigenvalue weighted by Gasteiger charge is 2.30. The van der Waals surface area contributed by atoms with Crippen molar-refractivity contribution in [3.63, 3.8) is 0 Å². The molecule has 178 valence electrons. The van der Waals surface area contributed by atoms with E-state index in [9.17, 15) is 4.79 Å². The van der Waals surface area contributed by atoms with E-state index in [4.69, 9.17) is 0 Å². The van der Waals surface area contributed by atoms with Crippen LogP contribution in [0.4, 0.5) is 0 Å². The van der Waals surface area contributed by atoms with Crippen molar-refractivity contribution in [2.75, 3.05) is 0 Å². The zero-order valence-electron chi connectivity index (χ0n) is 21.9. The van der Waals surface area contributed by atoms with Crippen LogP contribution in [0.3, 0.4) is 0 Å². The van der Waals surface area contributed by atoms with Crippen LogP contribution in [0.5, 0.6) is 0 Å². The molecule has 1 aliphatic rings. The van der Waals surface area contributed by atoms with Crippen LogP contribution < -0.4 is 0 Å². The van der Waals surface area contributed by atoms with Gasteiger partial charge in [0, 0.05) is 17.4 Å². The third kappa shape index (κ3) is 6.56. The van der Waals surface area contributed by atoms with Gasteiger partial charge in [-0.25, -0.2) is 0 Å². The molecular formula is C32H44O. The van der Waals surface area contributed by atoms with Gasteiger partial charge in [-0.15, -0.1) is 0 Å². The molecule has 33 heavy (non-hydrogen) atoms. The summed E-state index contributed by atoms with van der Waals surface area (Å²) in [6, 6.07) is 10.4. The van der Waals surface area contributed by atoms with Gasteiger partial charge in [0.15, 0.2) is 5.78 Å². The Labute approximate surface area is 203 Å². The average Bonchev–Trinajstić information content (AvgIpc) is 2.78. The average molecular weight is 445 g/mol. The van der Waals surface area contributed by atoms with Crippen molar-refractivity contribution in [3.05, 3.63) is 94.6 Å². The SMILES string of the molecule is C=C(C)C(=C)C(=C1\CCCC(CCC)C1)/C(C(=C)C)=C(/C(=O)C(C)C)C(C)c1ccccc1. The first-order valence-corrected chi connectivity index (χ1v) is 12.7. The van der Waals surface area contributed by atoms with E-state index in [1.165, 1.54) is 31.3 Å². The van der Waals surface area contributed by atoms with E-state index in [-0.39, 0.29) is 17.6 Å². The van der Waals surface area contributed by atoms with Gasteiger partial charge < -0.3 is 0 Å². The van der Waals surface area contributed by atoms with Gasteiger partial charge in [0.25, 0.3) is 0 Å². The summed E-state index contributed by atoms with van der Waals surface area (Å²) in [6.45, 7) is 25.6. The smallest absolute Gasteiger partial charge is 0.162 e. The molecule has 0 spiro atoms. The Kier molecular flexibility index (Phi) is 9.89. The number of benzene rings is 1. The summed E-state index contributed by atoms with van der Waals surface area (Å²) in [6.07, 6.45) is 7.07. The number of carbonyl (C=O) groups excluding carboxylic acids is 1. The van der Waals surface area contributed by atoms with Crippen LogP contribution in [-0.2, 0) is 4.79 Å². The van der Waals surface area contributed by atoms with Crippen LogP contribution in [0.1, 0.15) is 91.5 Å². The third-order valence-electron chi connectivity index (χ3n) is 6.96. The monoisotopic (exact) mass is 444 g/mol. The van der Waals surface area contributed by atoms with Crippen LogP contribution in [0, 0.1) is 11.8 Å². The number of rotatable bonds is 10. The van der Waals surface area contributed by atoms with Crippen molar-refractivity contribution >= 4 is 5.78 Å². The van der Waals surface area contributed by atoms with E-state index < -0.39 is 0 Å². The Balaban J connectivity index is 2.88. The second-order valence-electron chi connectivity index (χ2n) is 10.2. The predicted octanol–water partition coefficient (Wildman–Crippen LogP) is 9.31. The van der Waals surface area contributed by atoms with Crippen LogP contribution >= 0.6 is 0 Å². The molecule has 0 amide bonds. The Morgan fingerprint density at radius 1 is 1.03 bits per heavy atom. The highest BCUT2D eigenvalue weighted by atomic mass is 16.1. The predicted molar refractivity (Wildman–Crippen MR) is 144 cm³/mol. The van der Waals surface area contributed by atoms with Crippen LogP contribution in [0.2, 0.25) is 0 Å². The molecule has 1 aromatic rings. The molecule has 2 atom stereocenters. The minimum absolute atomic E-state index is 0.0312. The molecule has 1 heteroatoms. The first-order chi connectivity index (χ1) is 15.6. The molecule has 1 fully saturated rings. The minimum Gasteiger partial charge on any atom is -0.294 e. The van der Waals surface area contributed by atoms with Crippen molar-refractivity contribution in [1.82, 2.24) is 0 Å². The first-order valence-electron chi connectivity index (χ1n) is 12.7. The lowest BCUT2D eigenvalue weighted by Gasteiger charge is -2.31. The van der Waals surface area contributed by atoms with Crippen LogP contribution in [0.25, 0.3) is 0 Å². The first kappa shape index (κ1) is 26.8. The van der Waals surface area contributed by atoms with Crippen LogP contribution in [-0.4, -0.2) is 5.78 Å². The number of carbonyl (C=O) groups is 1. The molecule has 2 rings (SSSR count). The van der Waals surface area contributed by atoms with Gasteiger partial charge in [0.05, 0.1) is 0 Å². The standard InChI is InChI=1S/C32H44O/c1-10-15-26-16-14-19-28(20-26)30(24(8)21(2)3)29(22(4)5)31(32(33)23(6)7)25(9)27-17-12-11-13-18-27/h11-13,17-18,23,25-26H,2,4,8,10,14-16,19-20H2,1,3,5-7,9H3/b30-28-,31-29+. The summed E-state index contributed by atoms with van der Waals surface area (Å²) in [4.78, 5) is 13.8. The number of hydrogen-bond acceptors (Lipinski definition) is 1. The lowest BCUT2D eigenvalue weighted by atomic mass is 9.73. The van der Waals surface area contributed by atoms with E-state index in [0.717, 1.165) is 51.8 Å². The van der Waals surface area contributed by atoms with E-state index in [1.807, 2.05) is 45.9 Å². The van der Waals surface area contributed by atoms with Gasteiger partial charge >= 0.3 is 0 Å². The van der Waals surface area contributed by atoms with Crippen molar-refractivity contribution in [3.8, 4) is 0 Å². The van der Waals surface area contributed by atoms with E-state index >= 15 is 0 Å². The minimum atomic E-state index is -0.0935. The maximum absolute atomic E-state index is 13.8. The van der Waals surface area contributed by atoms with Gasteiger partial charge in [0.1, 0.15) is 0 Å². The molecule has 1 aromatic carbocycles. The molecule has 0 bridgehead atoms. The lowest BCUT2D eigenvalue weighted by molar-refractivity contribution is -0.118. The molecule has 1 saturated carbocycles. The summed E-state index contributed by atoms with van der Waals surface area (Å²) in [5.41, 5.74) is 8.44. The van der Waals surface area contributed by atoms with Gasteiger partial charge in [-0.05, 0) is 67.7 Å². The maximum atomic E-state index is 13.8. The van der Waals surface area contributed by atoms with Gasteiger partial charge in [0.2, 0.25) is 0 Å². The highest BCUT2D eigenvalue weighted by molar-refractivity contribution is 6.00. The lowest BCUT2D eigenvalue weighted by Crippen LogP contribution is -2.20. The number of hydrogen-bond donors (Lipinski definition) is 0. The second-order valence-corrected chi connectivity index (χ2v) is 10.2. The third-order valence-corrected chi connectivity index (χ3v) is 6.96. The molecule has 1 nitrogen and oxygen atoms in total. The molecule has 0 N–H and O–H groups in total. The fraction of sp³-hybridized carbons (Fsp3) is 0.469. The normalized spacial score (nSPS) is 19.5. The number of allylic oxidation sites excluding steroid dienone is 7. The highest BCUT2D eigenvalue weighted by Crippen LogP contribution is 2.43. The molecule has 0 aliphatic heterocycles. The number of Topliss-reactive ketones (excluding diaryl/α,β-unsaturated/α-hetero) is 1. The van der Waals surface area contributed by atoms with Gasteiger partial charge in [-0.3, -0.25) is 4.79 Å².